The predicted octanol–water partition coefficient (Wildman–Crippen LogP) is 0.194. The Morgan fingerprint density at radius 3 is 2.00 bits per heavy atom. The van der Waals surface area contributed by atoms with Crippen LogP contribution in [0.15, 0.2) is 18.2 Å². The van der Waals surface area contributed by atoms with Crippen molar-refractivity contribution in [2.24, 2.45) is 11.5 Å². The molecule has 5 nitrogen and oxygen atoms in total. The van der Waals surface area contributed by atoms with Gasteiger partial charge in [0.1, 0.15) is 5.75 Å². The van der Waals surface area contributed by atoms with Gasteiger partial charge in [0.2, 0.25) is 0 Å². The smallest absolute Gasteiger partial charge is 0.391 e. The highest BCUT2D eigenvalue weighted by atomic mass is 31.2. The Morgan fingerprint density at radius 2 is 1.64 bits per heavy atom. The van der Waals surface area contributed by atoms with Crippen LogP contribution in [0.2, 0.25) is 0 Å². The van der Waals surface area contributed by atoms with E-state index >= 15 is 0 Å². The van der Waals surface area contributed by atoms with E-state index in [0.717, 1.165) is 0 Å². The minimum absolute atomic E-state index is 0.270. The van der Waals surface area contributed by atoms with Crippen molar-refractivity contribution in [1.82, 2.24) is 0 Å². The Labute approximate surface area is 83.3 Å². The number of rotatable bonds is 4. The van der Waals surface area contributed by atoms with Crippen molar-refractivity contribution in [1.29, 1.82) is 0 Å². The highest BCUT2D eigenvalue weighted by Crippen LogP contribution is 2.34. The molecule has 0 aliphatic rings. The van der Waals surface area contributed by atoms with Gasteiger partial charge < -0.3 is 25.8 Å². The summed E-state index contributed by atoms with van der Waals surface area (Å²) in [4.78, 5) is 17.5. The van der Waals surface area contributed by atoms with Crippen LogP contribution in [0.25, 0.3) is 0 Å². The molecule has 78 valence electrons. The summed E-state index contributed by atoms with van der Waals surface area (Å²) in [6, 6.07) is 5.31. The molecule has 0 fully saturated rings. The third-order valence-corrected chi connectivity index (χ3v) is 2.14. The van der Waals surface area contributed by atoms with Crippen LogP contribution in [0.3, 0.4) is 0 Å². The summed E-state index contributed by atoms with van der Waals surface area (Å²) >= 11 is 0. The summed E-state index contributed by atoms with van der Waals surface area (Å²) in [5.74, 6) is 0.383. The molecule has 1 rings (SSSR count). The lowest BCUT2D eigenvalue weighted by atomic mass is 10.1. The van der Waals surface area contributed by atoms with Crippen molar-refractivity contribution in [2.45, 2.75) is 13.1 Å². The van der Waals surface area contributed by atoms with Gasteiger partial charge in [-0.15, -0.1) is 0 Å². The molecular weight excluding hydrogens is 203 g/mol. The minimum Gasteiger partial charge on any atom is -0.426 e. The van der Waals surface area contributed by atoms with Gasteiger partial charge in [-0.25, -0.2) is 0 Å². The number of nitrogens with two attached hydrogens (primary N) is 2. The maximum atomic E-state index is 8.76. The molecule has 14 heavy (non-hydrogen) atoms. The van der Waals surface area contributed by atoms with E-state index in [9.17, 15) is 0 Å². The fraction of sp³-hybridized carbons (Fsp3) is 0.250. The quantitative estimate of drug-likeness (QED) is 0.538. The molecule has 0 radical (unpaired) electrons. The van der Waals surface area contributed by atoms with E-state index in [1.54, 1.807) is 18.2 Å². The van der Waals surface area contributed by atoms with E-state index in [0.29, 0.717) is 16.9 Å². The second-order valence-corrected chi connectivity index (χ2v) is 3.35. The molecule has 1 aromatic rings. The van der Waals surface area contributed by atoms with E-state index in [4.69, 9.17) is 25.8 Å². The van der Waals surface area contributed by atoms with Crippen molar-refractivity contribution in [3.05, 3.63) is 29.3 Å². The Balaban J connectivity index is 3.05. The average molecular weight is 216 g/mol. The molecule has 0 saturated carbocycles. The van der Waals surface area contributed by atoms with Crippen LogP contribution in [0, 0.1) is 0 Å². The molecule has 0 aliphatic heterocycles. The van der Waals surface area contributed by atoms with Crippen molar-refractivity contribution in [3.8, 4) is 5.75 Å². The zero-order chi connectivity index (χ0) is 10.6. The topological polar surface area (TPSA) is 102 Å². The van der Waals surface area contributed by atoms with Crippen LogP contribution in [0.5, 0.6) is 5.75 Å². The highest BCUT2D eigenvalue weighted by molar-refractivity contribution is 7.39. The minimum atomic E-state index is -2.43. The predicted molar refractivity (Wildman–Crippen MR) is 54.2 cm³/mol. The Kier molecular flexibility index (Phi) is 4.25. The molecular formula is C8H13N2O3P. The average Bonchev–Trinajstić information content (AvgIpc) is 2.17. The lowest BCUT2D eigenvalue weighted by Crippen LogP contribution is -2.05. The summed E-state index contributed by atoms with van der Waals surface area (Å²) in [5, 5.41) is 0. The van der Waals surface area contributed by atoms with Crippen molar-refractivity contribution in [2.75, 3.05) is 0 Å². The maximum absolute atomic E-state index is 8.76. The van der Waals surface area contributed by atoms with Crippen LogP contribution in [-0.2, 0) is 13.1 Å². The Bertz CT molecular complexity index is 284. The molecule has 1 aromatic carbocycles. The van der Waals surface area contributed by atoms with Crippen LogP contribution < -0.4 is 16.0 Å². The summed E-state index contributed by atoms with van der Waals surface area (Å²) in [6.07, 6.45) is 0. The number of para-hydroxylation sites is 1. The fourth-order valence-corrected chi connectivity index (χ4v) is 1.56. The number of hydrogen-bond acceptors (Lipinski definition) is 5. The molecule has 0 heterocycles. The van der Waals surface area contributed by atoms with E-state index in [1.165, 1.54) is 0 Å². The van der Waals surface area contributed by atoms with Gasteiger partial charge in [0.05, 0.1) is 0 Å². The summed E-state index contributed by atoms with van der Waals surface area (Å²) in [6.45, 7) is 0.540. The van der Waals surface area contributed by atoms with Gasteiger partial charge in [-0.05, 0) is 0 Å². The number of hydrogen-bond donors (Lipinski definition) is 4. The normalized spacial score (nSPS) is 10.6. The Morgan fingerprint density at radius 1 is 1.14 bits per heavy atom. The lowest BCUT2D eigenvalue weighted by Gasteiger charge is -2.13. The van der Waals surface area contributed by atoms with Crippen molar-refractivity contribution < 1.29 is 14.3 Å². The third kappa shape index (κ3) is 2.64. The molecule has 0 saturated heterocycles. The van der Waals surface area contributed by atoms with Crippen LogP contribution in [-0.4, -0.2) is 9.79 Å². The fourth-order valence-electron chi connectivity index (χ4n) is 1.16. The van der Waals surface area contributed by atoms with Gasteiger partial charge >= 0.3 is 8.60 Å². The Hall–Kier alpha value is -0.710. The molecule has 0 spiro atoms. The summed E-state index contributed by atoms with van der Waals surface area (Å²) in [7, 11) is -2.43. The molecule has 0 bridgehead atoms. The van der Waals surface area contributed by atoms with E-state index in [1.807, 2.05) is 0 Å². The van der Waals surface area contributed by atoms with Gasteiger partial charge in [0, 0.05) is 24.2 Å². The van der Waals surface area contributed by atoms with E-state index < -0.39 is 8.60 Å². The van der Waals surface area contributed by atoms with Gasteiger partial charge in [-0.1, -0.05) is 18.2 Å². The van der Waals surface area contributed by atoms with Gasteiger partial charge in [0.25, 0.3) is 0 Å². The summed E-state index contributed by atoms with van der Waals surface area (Å²) < 4.78 is 4.87. The van der Waals surface area contributed by atoms with Crippen LogP contribution in [0.4, 0.5) is 0 Å². The SMILES string of the molecule is NCc1cccc(CN)c1OP(O)O. The van der Waals surface area contributed by atoms with Crippen LogP contribution >= 0.6 is 8.60 Å². The lowest BCUT2D eigenvalue weighted by molar-refractivity contribution is 0.371. The zero-order valence-corrected chi connectivity index (χ0v) is 8.45. The van der Waals surface area contributed by atoms with Gasteiger partial charge in [-0.2, -0.15) is 0 Å². The summed E-state index contributed by atoms with van der Waals surface area (Å²) in [5.41, 5.74) is 12.4. The first-order chi connectivity index (χ1) is 6.69. The van der Waals surface area contributed by atoms with Gasteiger partial charge in [-0.3, -0.25) is 0 Å². The second-order valence-electron chi connectivity index (χ2n) is 2.66. The largest absolute Gasteiger partial charge is 0.426 e. The molecule has 0 atom stereocenters. The van der Waals surface area contributed by atoms with Gasteiger partial charge in [0.15, 0.2) is 0 Å². The second kappa shape index (κ2) is 5.24. The van der Waals surface area contributed by atoms with Crippen LogP contribution in [0.1, 0.15) is 11.1 Å². The zero-order valence-electron chi connectivity index (χ0n) is 7.55. The molecule has 0 unspecified atom stereocenters. The standard InChI is InChI=1S/C8H13N2O3P/c9-4-6-2-1-3-7(5-10)8(6)13-14(11)12/h1-3,11-12H,4-5,9-10H2. The first-order valence-corrected chi connectivity index (χ1v) is 5.22. The molecule has 6 heteroatoms. The molecule has 0 aromatic heterocycles. The number of benzene rings is 1. The van der Waals surface area contributed by atoms with E-state index in [-0.39, 0.29) is 13.1 Å². The maximum Gasteiger partial charge on any atom is 0.391 e. The van der Waals surface area contributed by atoms with Crippen molar-refractivity contribution in [3.63, 3.8) is 0 Å². The molecule has 0 aliphatic carbocycles. The molecule has 6 N–H and O–H groups in total. The first kappa shape index (κ1) is 11.4. The molecule has 0 amide bonds. The van der Waals surface area contributed by atoms with Crippen molar-refractivity contribution >= 4 is 8.60 Å². The van der Waals surface area contributed by atoms with E-state index in [2.05, 4.69) is 0 Å². The highest BCUT2D eigenvalue weighted by Gasteiger charge is 2.11. The first-order valence-electron chi connectivity index (χ1n) is 4.05. The third-order valence-electron chi connectivity index (χ3n) is 1.79. The monoisotopic (exact) mass is 216 g/mol.